The molecule has 0 bridgehead atoms. The predicted molar refractivity (Wildman–Crippen MR) is 109 cm³/mol. The van der Waals surface area contributed by atoms with Gasteiger partial charge in [0.15, 0.2) is 0 Å². The highest BCUT2D eigenvalue weighted by Gasteiger charge is 2.09. The third kappa shape index (κ3) is 2.38. The maximum Gasteiger partial charge on any atom is 0.0412 e. The van der Waals surface area contributed by atoms with Gasteiger partial charge in [-0.15, -0.1) is 0 Å². The van der Waals surface area contributed by atoms with Gasteiger partial charge in [-0.2, -0.15) is 0 Å². The first-order valence-corrected chi connectivity index (χ1v) is 8.78. The molecule has 0 fully saturated rings. The van der Waals surface area contributed by atoms with Crippen LogP contribution in [-0.4, -0.2) is 0 Å². The average molecular weight is 339 g/mol. The molecule has 0 amide bonds. The van der Waals surface area contributed by atoms with Gasteiger partial charge < -0.3 is 0 Å². The Morgan fingerprint density at radius 3 is 2.08 bits per heavy atom. The first kappa shape index (κ1) is 14.5. The van der Waals surface area contributed by atoms with Crippen molar-refractivity contribution in [3.05, 3.63) is 96.0 Å². The second-order valence-electron chi connectivity index (χ2n) is 6.40. The minimum atomic E-state index is 0.774. The molecule has 5 rings (SSSR count). The highest BCUT2D eigenvalue weighted by Crippen LogP contribution is 2.36. The van der Waals surface area contributed by atoms with Gasteiger partial charge in [0, 0.05) is 5.02 Å². The molecule has 0 aliphatic rings. The summed E-state index contributed by atoms with van der Waals surface area (Å²) in [5.74, 6) is 0. The van der Waals surface area contributed by atoms with Gasteiger partial charge in [0.25, 0.3) is 0 Å². The summed E-state index contributed by atoms with van der Waals surface area (Å²) in [7, 11) is 0. The van der Waals surface area contributed by atoms with Crippen LogP contribution in [0.3, 0.4) is 0 Å². The maximum atomic E-state index is 6.24. The largest absolute Gasteiger partial charge is 0.0843 e. The van der Waals surface area contributed by atoms with Crippen LogP contribution in [0.25, 0.3) is 43.4 Å². The van der Waals surface area contributed by atoms with Gasteiger partial charge in [-0.3, -0.25) is 0 Å². The molecule has 25 heavy (non-hydrogen) atoms. The highest BCUT2D eigenvalue weighted by atomic mass is 35.5. The summed E-state index contributed by atoms with van der Waals surface area (Å²) >= 11 is 6.24. The lowest BCUT2D eigenvalue weighted by atomic mass is 9.92. The minimum absolute atomic E-state index is 0.774. The fourth-order valence-corrected chi connectivity index (χ4v) is 3.84. The van der Waals surface area contributed by atoms with Gasteiger partial charge in [0.2, 0.25) is 0 Å². The van der Waals surface area contributed by atoms with Crippen molar-refractivity contribution in [3.8, 4) is 11.1 Å². The third-order valence-corrected chi connectivity index (χ3v) is 5.12. The number of hydrogen-bond donors (Lipinski definition) is 0. The van der Waals surface area contributed by atoms with Crippen LogP contribution in [0.1, 0.15) is 0 Å². The fraction of sp³-hybridized carbons (Fsp3) is 0. The summed E-state index contributed by atoms with van der Waals surface area (Å²) in [4.78, 5) is 0. The Bertz CT molecular complexity index is 1250. The van der Waals surface area contributed by atoms with Crippen molar-refractivity contribution in [1.82, 2.24) is 0 Å². The van der Waals surface area contributed by atoms with Crippen LogP contribution in [0.2, 0.25) is 5.02 Å². The first-order valence-electron chi connectivity index (χ1n) is 8.40. The number of fused-ring (bicyclic) bond motifs is 4. The Morgan fingerprint density at radius 2 is 1.20 bits per heavy atom. The molecule has 0 saturated heterocycles. The molecule has 0 aromatic heterocycles. The van der Waals surface area contributed by atoms with Crippen LogP contribution in [-0.2, 0) is 0 Å². The molecule has 0 nitrogen and oxygen atoms in total. The number of halogens is 1. The smallest absolute Gasteiger partial charge is 0.0412 e. The van der Waals surface area contributed by atoms with Crippen molar-refractivity contribution in [1.29, 1.82) is 0 Å². The average Bonchev–Trinajstić information content (AvgIpc) is 2.67. The first-order chi connectivity index (χ1) is 12.3. The van der Waals surface area contributed by atoms with Gasteiger partial charge >= 0.3 is 0 Å². The molecule has 0 unspecified atom stereocenters. The van der Waals surface area contributed by atoms with E-state index in [4.69, 9.17) is 11.6 Å². The molecule has 0 spiro atoms. The van der Waals surface area contributed by atoms with Crippen molar-refractivity contribution < 1.29 is 0 Å². The molecule has 0 aliphatic heterocycles. The molecular weight excluding hydrogens is 324 g/mol. The molecule has 1 heteroatoms. The van der Waals surface area contributed by atoms with Crippen molar-refractivity contribution >= 4 is 43.9 Å². The summed E-state index contributed by atoms with van der Waals surface area (Å²) < 4.78 is 0. The monoisotopic (exact) mass is 338 g/mol. The van der Waals surface area contributed by atoms with E-state index >= 15 is 0 Å². The van der Waals surface area contributed by atoms with Crippen molar-refractivity contribution in [2.45, 2.75) is 0 Å². The standard InChI is InChI=1S/C24H15Cl/c25-20-12-11-19-14-23(21-7-3-4-8-22(21)24(19)15-20)18-10-9-16-5-1-2-6-17(16)13-18/h1-15H. The third-order valence-electron chi connectivity index (χ3n) is 4.88. The molecule has 0 N–H and O–H groups in total. The van der Waals surface area contributed by atoms with E-state index < -0.39 is 0 Å². The lowest BCUT2D eigenvalue weighted by Gasteiger charge is -2.12. The number of rotatable bonds is 1. The second kappa shape index (κ2) is 5.61. The zero-order valence-corrected chi connectivity index (χ0v) is 14.3. The Kier molecular flexibility index (Phi) is 3.26. The van der Waals surface area contributed by atoms with E-state index in [9.17, 15) is 0 Å². The van der Waals surface area contributed by atoms with Crippen molar-refractivity contribution in [2.24, 2.45) is 0 Å². The number of benzene rings is 5. The maximum absolute atomic E-state index is 6.24. The highest BCUT2D eigenvalue weighted by molar-refractivity contribution is 6.32. The van der Waals surface area contributed by atoms with E-state index in [1.165, 1.54) is 43.4 Å². The topological polar surface area (TPSA) is 0 Å². The number of hydrogen-bond acceptors (Lipinski definition) is 0. The van der Waals surface area contributed by atoms with Crippen molar-refractivity contribution in [3.63, 3.8) is 0 Å². The molecule has 5 aromatic carbocycles. The van der Waals surface area contributed by atoms with Crippen LogP contribution in [0.15, 0.2) is 91.0 Å². The van der Waals surface area contributed by atoms with E-state index in [-0.39, 0.29) is 0 Å². The summed E-state index contributed by atoms with van der Waals surface area (Å²) in [5, 5.41) is 8.22. The molecule has 5 aromatic rings. The van der Waals surface area contributed by atoms with Crippen LogP contribution in [0.5, 0.6) is 0 Å². The lowest BCUT2D eigenvalue weighted by Crippen LogP contribution is -1.85. The van der Waals surface area contributed by atoms with E-state index in [1.54, 1.807) is 0 Å². The fourth-order valence-electron chi connectivity index (χ4n) is 3.67. The molecule has 0 saturated carbocycles. The Labute approximate surface area is 151 Å². The Morgan fingerprint density at radius 1 is 0.480 bits per heavy atom. The second-order valence-corrected chi connectivity index (χ2v) is 6.83. The molecule has 0 heterocycles. The van der Waals surface area contributed by atoms with Gasteiger partial charge in [0.1, 0.15) is 0 Å². The zero-order valence-electron chi connectivity index (χ0n) is 13.5. The van der Waals surface area contributed by atoms with Crippen LogP contribution in [0, 0.1) is 0 Å². The van der Waals surface area contributed by atoms with E-state index in [0.29, 0.717) is 0 Å². The molecular formula is C24H15Cl. The summed E-state index contributed by atoms with van der Waals surface area (Å²) in [6.07, 6.45) is 0. The van der Waals surface area contributed by atoms with Crippen LogP contribution >= 0.6 is 11.6 Å². The quantitative estimate of drug-likeness (QED) is 0.278. The minimum Gasteiger partial charge on any atom is -0.0843 e. The summed E-state index contributed by atoms with van der Waals surface area (Å²) in [6, 6.07) is 32.1. The van der Waals surface area contributed by atoms with Crippen LogP contribution < -0.4 is 0 Å². The van der Waals surface area contributed by atoms with Gasteiger partial charge in [-0.1, -0.05) is 78.3 Å². The summed E-state index contributed by atoms with van der Waals surface area (Å²) in [5.41, 5.74) is 2.50. The predicted octanol–water partition coefficient (Wildman–Crippen LogP) is 7.47. The molecule has 118 valence electrons. The SMILES string of the molecule is Clc1ccc2cc(-c3ccc4ccccc4c3)c3ccccc3c2c1. The lowest BCUT2D eigenvalue weighted by molar-refractivity contribution is 1.69. The zero-order chi connectivity index (χ0) is 16.8. The molecule has 0 atom stereocenters. The van der Waals surface area contributed by atoms with Crippen molar-refractivity contribution in [2.75, 3.05) is 0 Å². The van der Waals surface area contributed by atoms with Gasteiger partial charge in [-0.25, -0.2) is 0 Å². The van der Waals surface area contributed by atoms with E-state index in [2.05, 4.69) is 84.9 Å². The van der Waals surface area contributed by atoms with Gasteiger partial charge in [-0.05, 0) is 67.7 Å². The molecule has 0 aliphatic carbocycles. The van der Waals surface area contributed by atoms with Gasteiger partial charge in [0.05, 0.1) is 0 Å². The normalized spacial score (nSPS) is 11.4. The summed E-state index contributed by atoms with van der Waals surface area (Å²) in [6.45, 7) is 0. The van der Waals surface area contributed by atoms with E-state index in [1.807, 2.05) is 6.07 Å². The Hall–Kier alpha value is -2.83. The van der Waals surface area contributed by atoms with E-state index in [0.717, 1.165) is 5.02 Å². The Balaban J connectivity index is 1.88. The van der Waals surface area contributed by atoms with Crippen LogP contribution in [0.4, 0.5) is 0 Å². The molecule has 0 radical (unpaired) electrons.